The fourth-order valence-corrected chi connectivity index (χ4v) is 7.06. The lowest BCUT2D eigenvalue weighted by Gasteiger charge is -2.41. The van der Waals surface area contributed by atoms with E-state index in [0.29, 0.717) is 32.1 Å². The van der Waals surface area contributed by atoms with Gasteiger partial charge in [-0.1, -0.05) is 142 Å². The van der Waals surface area contributed by atoms with Crippen molar-refractivity contribution in [3.8, 4) is 0 Å². The van der Waals surface area contributed by atoms with Gasteiger partial charge in [0.2, 0.25) is 0 Å². The lowest BCUT2D eigenvalue weighted by Crippen LogP contribution is -2.64. The van der Waals surface area contributed by atoms with Crippen molar-refractivity contribution in [2.45, 2.75) is 172 Å². The largest absolute Gasteiger partial charge is 0.472 e. The van der Waals surface area contributed by atoms with Crippen molar-refractivity contribution in [1.82, 2.24) is 0 Å². The molecule has 1 rings (SSSR count). The second kappa shape index (κ2) is 37.5. The van der Waals surface area contributed by atoms with Gasteiger partial charge in [0.1, 0.15) is 43.2 Å². The topological polar surface area (TPSA) is 250 Å². The van der Waals surface area contributed by atoms with Gasteiger partial charge in [0.05, 0.1) is 18.8 Å². The number of allylic oxidation sites excluding steroid dienone is 14. The number of esters is 2. The first-order chi connectivity index (χ1) is 31.2. The minimum Gasteiger partial charge on any atom is -0.462 e. The van der Waals surface area contributed by atoms with Gasteiger partial charge in [-0.15, -0.1) is 0 Å². The van der Waals surface area contributed by atoms with Gasteiger partial charge in [0, 0.05) is 12.8 Å². The normalized spacial score (nSPS) is 23.4. The molecule has 16 heteroatoms. The second-order valence-corrected chi connectivity index (χ2v) is 16.9. The molecule has 0 amide bonds. The number of aliphatic hydroxyl groups excluding tert-OH is 7. The molecule has 0 aromatic rings. The molecule has 0 aromatic heterocycles. The Morgan fingerprint density at radius 3 is 1.63 bits per heavy atom. The molecule has 1 saturated carbocycles. The van der Waals surface area contributed by atoms with Gasteiger partial charge in [0.25, 0.3) is 0 Å². The van der Waals surface area contributed by atoms with Crippen molar-refractivity contribution in [1.29, 1.82) is 0 Å². The Morgan fingerprint density at radius 2 is 1.03 bits per heavy atom. The Balaban J connectivity index is 2.58. The maximum atomic E-state index is 12.8. The van der Waals surface area contributed by atoms with E-state index in [0.717, 1.165) is 57.8 Å². The van der Waals surface area contributed by atoms with Crippen molar-refractivity contribution in [2.24, 2.45) is 0 Å². The fraction of sp³-hybridized carbons (Fsp3) is 0.592. The van der Waals surface area contributed by atoms with E-state index < -0.39 is 87.9 Å². The van der Waals surface area contributed by atoms with Gasteiger partial charge in [-0.2, -0.15) is 0 Å². The van der Waals surface area contributed by atoms with Crippen LogP contribution in [-0.4, -0.2) is 121 Å². The number of rotatable bonds is 35. The molecule has 1 aliphatic rings. The average Bonchev–Trinajstić information content (AvgIpc) is 3.28. The summed E-state index contributed by atoms with van der Waals surface area (Å²) in [7, 11) is -5.17. The van der Waals surface area contributed by atoms with Crippen LogP contribution in [0.5, 0.6) is 0 Å². The zero-order valence-electron chi connectivity index (χ0n) is 38.2. The zero-order valence-corrected chi connectivity index (χ0v) is 39.1. The number of unbranched alkanes of at least 4 members (excludes halogenated alkanes) is 5. The van der Waals surface area contributed by atoms with E-state index in [9.17, 15) is 54.8 Å². The first-order valence-electron chi connectivity index (χ1n) is 22.9. The Bertz CT molecular complexity index is 1580. The number of aliphatic hydroxyl groups is 7. The number of carbonyl (C=O) groups is 2. The number of phosphoric ester groups is 1. The first-order valence-corrected chi connectivity index (χ1v) is 24.4. The summed E-state index contributed by atoms with van der Waals surface area (Å²) in [6, 6.07) is 0. The van der Waals surface area contributed by atoms with E-state index in [4.69, 9.17) is 18.5 Å². The molecule has 368 valence electrons. The van der Waals surface area contributed by atoms with Crippen molar-refractivity contribution < 1.29 is 73.3 Å². The van der Waals surface area contributed by atoms with Crippen molar-refractivity contribution >= 4 is 19.8 Å². The number of phosphoric acid groups is 1. The van der Waals surface area contributed by atoms with Crippen LogP contribution in [0, 0.1) is 0 Å². The van der Waals surface area contributed by atoms with Crippen LogP contribution in [-0.2, 0) is 32.7 Å². The number of carbonyl (C=O) groups excluding carboxylic acids is 2. The van der Waals surface area contributed by atoms with Gasteiger partial charge in [0.15, 0.2) is 6.10 Å². The average molecular weight is 937 g/mol. The maximum Gasteiger partial charge on any atom is 0.472 e. The monoisotopic (exact) mass is 937 g/mol. The highest BCUT2D eigenvalue weighted by molar-refractivity contribution is 7.47. The Hall–Kier alpha value is -3.57. The van der Waals surface area contributed by atoms with E-state index in [1.165, 1.54) is 0 Å². The van der Waals surface area contributed by atoms with E-state index in [1.807, 2.05) is 37.3 Å². The minimum absolute atomic E-state index is 0.0256. The summed E-state index contributed by atoms with van der Waals surface area (Å²) in [6.45, 7) is 2.81. The predicted octanol–water partition coefficient (Wildman–Crippen LogP) is 6.77. The lowest BCUT2D eigenvalue weighted by atomic mass is 9.85. The van der Waals surface area contributed by atoms with Gasteiger partial charge in [-0.3, -0.25) is 18.6 Å². The molecule has 65 heavy (non-hydrogen) atoms. The maximum absolute atomic E-state index is 12.8. The molecule has 0 spiro atoms. The van der Waals surface area contributed by atoms with Crippen LogP contribution in [0.2, 0.25) is 0 Å². The quantitative estimate of drug-likeness (QED) is 0.0107. The van der Waals surface area contributed by atoms with Gasteiger partial charge in [-0.05, 0) is 70.6 Å². The predicted molar refractivity (Wildman–Crippen MR) is 251 cm³/mol. The first kappa shape index (κ1) is 59.4. The third-order valence-corrected chi connectivity index (χ3v) is 10.8. The molecule has 8 N–H and O–H groups in total. The van der Waals surface area contributed by atoms with E-state index in [-0.39, 0.29) is 12.8 Å². The Labute approximate surface area is 386 Å². The zero-order chi connectivity index (χ0) is 48.1. The van der Waals surface area contributed by atoms with Gasteiger partial charge < -0.3 is 50.1 Å². The number of hydrogen-bond donors (Lipinski definition) is 8. The fourth-order valence-electron chi connectivity index (χ4n) is 6.09. The van der Waals surface area contributed by atoms with Gasteiger partial charge >= 0.3 is 19.8 Å². The molecule has 0 aliphatic heterocycles. The third-order valence-electron chi connectivity index (χ3n) is 9.79. The van der Waals surface area contributed by atoms with E-state index in [2.05, 4.69) is 43.4 Å². The van der Waals surface area contributed by atoms with Crippen molar-refractivity contribution in [3.63, 3.8) is 0 Å². The molecule has 0 saturated heterocycles. The Kier molecular flexibility index (Phi) is 34.3. The second-order valence-electron chi connectivity index (χ2n) is 15.5. The van der Waals surface area contributed by atoms with Crippen LogP contribution in [0.4, 0.5) is 0 Å². The summed E-state index contributed by atoms with van der Waals surface area (Å²) in [5, 5.41) is 70.1. The lowest BCUT2D eigenvalue weighted by molar-refractivity contribution is -0.220. The molecule has 3 unspecified atom stereocenters. The number of hydrogen-bond acceptors (Lipinski definition) is 14. The van der Waals surface area contributed by atoms with Crippen LogP contribution < -0.4 is 0 Å². The number of ether oxygens (including phenoxy) is 2. The highest BCUT2D eigenvalue weighted by atomic mass is 31.2. The molecule has 1 fully saturated rings. The summed E-state index contributed by atoms with van der Waals surface area (Å²) >= 11 is 0. The van der Waals surface area contributed by atoms with Crippen LogP contribution in [0.3, 0.4) is 0 Å². The van der Waals surface area contributed by atoms with E-state index >= 15 is 0 Å². The molecular formula is C49H77O15P. The summed E-state index contributed by atoms with van der Waals surface area (Å²) in [4.78, 5) is 35.7. The van der Waals surface area contributed by atoms with Gasteiger partial charge in [-0.25, -0.2) is 4.57 Å². The SMILES string of the molecule is CC/C=C\C/C=C\C/C=C\CCCCCCCC(=O)O[C@H](COC(=O)CC/C=C\C/C=C\C[C@H](O)/C=C/C=C\C=C\[C@H](O)C/C=C\CC)COP(=O)(O)OC1[C@H](O)[C@H](O)C(O)[C@H](O)[C@H]1O. The molecule has 15 nitrogen and oxygen atoms in total. The molecule has 0 bridgehead atoms. The summed E-state index contributed by atoms with van der Waals surface area (Å²) in [5.74, 6) is -1.30. The molecule has 0 radical (unpaired) electrons. The molecule has 0 aromatic carbocycles. The smallest absolute Gasteiger partial charge is 0.462 e. The minimum atomic E-state index is -5.17. The standard InChI is InChI=1S/C49H77O15P/c1-3-5-7-8-9-10-11-12-13-14-15-16-17-22-30-36-43(53)63-41(38-62-65(59,60)64-49-47(57)45(55)44(54)46(56)48(49)58)37-61-42(52)35-29-21-19-18-20-26-32-40(51)34-28-24-23-27-33-39(50)31-25-6-4-2/h5-7,9-10,12-13,19-21,23-28,33-34,39-41,44-51,54-58H,3-4,8,11,14-18,22,29-32,35-38H2,1-2H3,(H,59,60)/b7-5-,10-9-,13-12-,21-19-,24-23-,25-6-,26-20-,33-27+,34-28+/t39-,40+,41-,44?,45-,46+,47-,48-,49?/m1/s1. The van der Waals surface area contributed by atoms with E-state index in [1.54, 1.807) is 42.5 Å². The third kappa shape index (κ3) is 30.4. The molecule has 1 aliphatic carbocycles. The van der Waals surface area contributed by atoms with Crippen LogP contribution in [0.25, 0.3) is 0 Å². The van der Waals surface area contributed by atoms with Crippen LogP contribution in [0.15, 0.2) is 109 Å². The summed E-state index contributed by atoms with van der Waals surface area (Å²) < 4.78 is 33.4. The van der Waals surface area contributed by atoms with Crippen LogP contribution in [0.1, 0.15) is 117 Å². The molecule has 10 atom stereocenters. The highest BCUT2D eigenvalue weighted by Gasteiger charge is 2.51. The van der Waals surface area contributed by atoms with Crippen molar-refractivity contribution in [2.75, 3.05) is 13.2 Å². The van der Waals surface area contributed by atoms with Crippen molar-refractivity contribution in [3.05, 3.63) is 109 Å². The highest BCUT2D eigenvalue weighted by Crippen LogP contribution is 2.47. The molecule has 0 heterocycles. The Morgan fingerprint density at radius 1 is 0.554 bits per heavy atom. The molecular weight excluding hydrogens is 859 g/mol. The summed E-state index contributed by atoms with van der Waals surface area (Å²) in [5.41, 5.74) is 0. The summed E-state index contributed by atoms with van der Waals surface area (Å²) in [6.07, 6.45) is 30.7. The van der Waals surface area contributed by atoms with Crippen LogP contribution >= 0.6 is 7.82 Å².